The van der Waals surface area contributed by atoms with Crippen LogP contribution in [0.3, 0.4) is 0 Å². The molecular formula is C26H22N2O4. The van der Waals surface area contributed by atoms with Crippen molar-refractivity contribution in [3.63, 3.8) is 0 Å². The average Bonchev–Trinajstić information content (AvgIpc) is 2.84. The van der Waals surface area contributed by atoms with Gasteiger partial charge in [-0.15, -0.1) is 0 Å². The maximum absolute atomic E-state index is 12.7. The van der Waals surface area contributed by atoms with Crippen molar-refractivity contribution < 1.29 is 9.53 Å². The topological polar surface area (TPSA) is 70.3 Å². The summed E-state index contributed by atoms with van der Waals surface area (Å²) in [7, 11) is 0. The molecule has 0 unspecified atom stereocenters. The first-order valence-electron chi connectivity index (χ1n) is 10.2. The van der Waals surface area contributed by atoms with E-state index in [4.69, 9.17) is 4.74 Å². The highest BCUT2D eigenvalue weighted by atomic mass is 16.5. The molecule has 0 saturated heterocycles. The minimum Gasteiger partial charge on any atom is -0.459 e. The van der Waals surface area contributed by atoms with Gasteiger partial charge in [0.15, 0.2) is 0 Å². The van der Waals surface area contributed by atoms with E-state index in [1.54, 1.807) is 0 Å². The number of carbonyl (C=O) groups excluding carboxylic acids is 1. The Morgan fingerprint density at radius 1 is 0.719 bits per heavy atom. The van der Waals surface area contributed by atoms with Gasteiger partial charge in [0.05, 0.1) is 6.54 Å². The van der Waals surface area contributed by atoms with Crippen LogP contribution < -0.4 is 11.2 Å². The summed E-state index contributed by atoms with van der Waals surface area (Å²) < 4.78 is 7.59. The number of nitrogens with zero attached hydrogens (tertiary/aromatic N) is 2. The number of esters is 1. The third-order valence-corrected chi connectivity index (χ3v) is 5.08. The molecule has 32 heavy (non-hydrogen) atoms. The Hall–Kier alpha value is -4.19. The van der Waals surface area contributed by atoms with Crippen molar-refractivity contribution in [1.82, 2.24) is 9.13 Å². The molecule has 0 aliphatic rings. The lowest BCUT2D eigenvalue weighted by atomic mass is 10.0. The maximum Gasteiger partial charge on any atom is 0.331 e. The second-order valence-corrected chi connectivity index (χ2v) is 7.36. The van der Waals surface area contributed by atoms with Gasteiger partial charge in [-0.05, 0) is 22.3 Å². The van der Waals surface area contributed by atoms with Gasteiger partial charge in [-0.2, -0.15) is 0 Å². The monoisotopic (exact) mass is 426 g/mol. The standard InChI is InChI=1S/C26H22N2O4/c29-24-15-16-27(17-20-7-3-1-4-8-20)26(31)28(24)18-25(30)32-19-21-11-13-23(14-12-21)22-9-5-2-6-10-22/h1-16H,17-19H2. The molecule has 0 spiro atoms. The predicted octanol–water partition coefficient (Wildman–Crippen LogP) is 3.47. The number of hydrogen-bond donors (Lipinski definition) is 0. The van der Waals surface area contributed by atoms with E-state index in [1.165, 1.54) is 16.8 Å². The van der Waals surface area contributed by atoms with Crippen LogP contribution in [0.1, 0.15) is 11.1 Å². The molecule has 0 atom stereocenters. The first kappa shape index (κ1) is 21.1. The summed E-state index contributed by atoms with van der Waals surface area (Å²) in [6.45, 7) is -0.0636. The van der Waals surface area contributed by atoms with Gasteiger partial charge in [0.25, 0.3) is 5.56 Å². The van der Waals surface area contributed by atoms with Gasteiger partial charge >= 0.3 is 11.7 Å². The van der Waals surface area contributed by atoms with Crippen LogP contribution in [0.25, 0.3) is 11.1 Å². The molecule has 0 aliphatic heterocycles. The maximum atomic E-state index is 12.7. The largest absolute Gasteiger partial charge is 0.459 e. The van der Waals surface area contributed by atoms with Crippen LogP contribution >= 0.6 is 0 Å². The minimum absolute atomic E-state index is 0.0632. The van der Waals surface area contributed by atoms with Gasteiger partial charge in [0, 0.05) is 12.3 Å². The molecule has 0 aliphatic carbocycles. The second kappa shape index (κ2) is 9.75. The molecule has 4 aromatic rings. The van der Waals surface area contributed by atoms with E-state index in [9.17, 15) is 14.4 Å². The molecule has 160 valence electrons. The first-order chi connectivity index (χ1) is 15.6. The predicted molar refractivity (Wildman–Crippen MR) is 122 cm³/mol. The summed E-state index contributed by atoms with van der Waals surface area (Å²) in [6.07, 6.45) is 1.44. The lowest BCUT2D eigenvalue weighted by Crippen LogP contribution is -2.41. The first-order valence-corrected chi connectivity index (χ1v) is 10.2. The number of ether oxygens (including phenoxy) is 1. The Morgan fingerprint density at radius 2 is 1.34 bits per heavy atom. The number of carbonyl (C=O) groups is 1. The molecule has 0 fully saturated rings. The Labute approximate surface area is 185 Å². The van der Waals surface area contributed by atoms with Crippen LogP contribution in [0.5, 0.6) is 0 Å². The van der Waals surface area contributed by atoms with E-state index in [-0.39, 0.29) is 6.61 Å². The molecule has 1 heterocycles. The van der Waals surface area contributed by atoms with Crippen LogP contribution in [0, 0.1) is 0 Å². The zero-order valence-electron chi connectivity index (χ0n) is 17.4. The van der Waals surface area contributed by atoms with E-state index >= 15 is 0 Å². The summed E-state index contributed by atoms with van der Waals surface area (Å²) >= 11 is 0. The van der Waals surface area contributed by atoms with Crippen LogP contribution in [0.4, 0.5) is 0 Å². The fourth-order valence-corrected chi connectivity index (χ4v) is 3.37. The highest BCUT2D eigenvalue weighted by Crippen LogP contribution is 2.19. The molecule has 1 aromatic heterocycles. The number of aromatic nitrogens is 2. The second-order valence-electron chi connectivity index (χ2n) is 7.36. The molecule has 6 heteroatoms. The van der Waals surface area contributed by atoms with Crippen molar-refractivity contribution in [1.29, 1.82) is 0 Å². The lowest BCUT2D eigenvalue weighted by molar-refractivity contribution is -0.145. The Bertz CT molecular complexity index is 1310. The van der Waals surface area contributed by atoms with Crippen molar-refractivity contribution >= 4 is 5.97 Å². The number of benzene rings is 3. The van der Waals surface area contributed by atoms with E-state index in [1.807, 2.05) is 84.9 Å². The summed E-state index contributed by atoms with van der Waals surface area (Å²) in [5, 5.41) is 0. The van der Waals surface area contributed by atoms with Crippen molar-refractivity contribution in [2.75, 3.05) is 0 Å². The van der Waals surface area contributed by atoms with Crippen LogP contribution in [-0.4, -0.2) is 15.1 Å². The van der Waals surface area contributed by atoms with E-state index in [0.717, 1.165) is 26.8 Å². The molecule has 6 nitrogen and oxygen atoms in total. The molecule has 0 radical (unpaired) electrons. The van der Waals surface area contributed by atoms with Gasteiger partial charge in [0.1, 0.15) is 13.2 Å². The molecule has 0 saturated carbocycles. The lowest BCUT2D eigenvalue weighted by Gasteiger charge is -2.10. The van der Waals surface area contributed by atoms with Crippen LogP contribution in [-0.2, 0) is 29.2 Å². The number of rotatable bonds is 7. The van der Waals surface area contributed by atoms with Crippen molar-refractivity contribution in [2.24, 2.45) is 0 Å². The Morgan fingerprint density at radius 3 is 2.03 bits per heavy atom. The highest BCUT2D eigenvalue weighted by molar-refractivity contribution is 5.69. The molecule has 0 bridgehead atoms. The average molecular weight is 426 g/mol. The molecule has 3 aromatic carbocycles. The molecule has 0 N–H and O–H groups in total. The third kappa shape index (κ3) is 5.10. The Balaban J connectivity index is 1.40. The van der Waals surface area contributed by atoms with E-state index in [2.05, 4.69) is 0 Å². The summed E-state index contributed by atoms with van der Waals surface area (Å²) in [4.78, 5) is 37.2. The summed E-state index contributed by atoms with van der Waals surface area (Å²) in [5.74, 6) is -0.645. The Kier molecular flexibility index (Phi) is 6.41. The molecular weight excluding hydrogens is 404 g/mol. The highest BCUT2D eigenvalue weighted by Gasteiger charge is 2.12. The van der Waals surface area contributed by atoms with Gasteiger partial charge in [0.2, 0.25) is 0 Å². The SMILES string of the molecule is O=C(Cn1c(=O)ccn(Cc2ccccc2)c1=O)OCc1ccc(-c2ccccc2)cc1. The van der Waals surface area contributed by atoms with Gasteiger partial charge in [-0.1, -0.05) is 84.9 Å². The van der Waals surface area contributed by atoms with Crippen LogP contribution in [0.15, 0.2) is 107 Å². The zero-order valence-corrected chi connectivity index (χ0v) is 17.4. The van der Waals surface area contributed by atoms with Crippen molar-refractivity contribution in [2.45, 2.75) is 19.7 Å². The third-order valence-electron chi connectivity index (χ3n) is 5.08. The summed E-state index contributed by atoms with van der Waals surface area (Å²) in [5.41, 5.74) is 2.82. The zero-order chi connectivity index (χ0) is 22.3. The number of hydrogen-bond acceptors (Lipinski definition) is 4. The quantitative estimate of drug-likeness (QED) is 0.425. The summed E-state index contributed by atoms with van der Waals surface area (Å²) in [6, 6.07) is 28.4. The fourth-order valence-electron chi connectivity index (χ4n) is 3.37. The van der Waals surface area contributed by atoms with Gasteiger partial charge in [-0.3, -0.25) is 14.2 Å². The van der Waals surface area contributed by atoms with E-state index in [0.29, 0.717) is 6.54 Å². The van der Waals surface area contributed by atoms with Gasteiger partial charge < -0.3 is 4.74 Å². The minimum atomic E-state index is -0.645. The van der Waals surface area contributed by atoms with Crippen molar-refractivity contribution in [3.8, 4) is 11.1 Å². The van der Waals surface area contributed by atoms with Crippen molar-refractivity contribution in [3.05, 3.63) is 129 Å². The smallest absolute Gasteiger partial charge is 0.331 e. The fraction of sp³-hybridized carbons (Fsp3) is 0.115. The van der Waals surface area contributed by atoms with Crippen LogP contribution in [0.2, 0.25) is 0 Å². The van der Waals surface area contributed by atoms with Gasteiger partial charge in [-0.25, -0.2) is 9.36 Å². The molecule has 4 rings (SSSR count). The van der Waals surface area contributed by atoms with E-state index < -0.39 is 23.8 Å². The molecule has 0 amide bonds. The normalized spacial score (nSPS) is 10.6.